The first-order valence-electron chi connectivity index (χ1n) is 9.64. The summed E-state index contributed by atoms with van der Waals surface area (Å²) in [7, 11) is -3.66. The molecule has 3 aromatic carbocycles. The van der Waals surface area contributed by atoms with Crippen molar-refractivity contribution in [1.82, 2.24) is 0 Å². The number of benzene rings is 3. The van der Waals surface area contributed by atoms with Gasteiger partial charge in [0.25, 0.3) is 10.0 Å². The Balaban J connectivity index is 1.76. The van der Waals surface area contributed by atoms with Gasteiger partial charge in [-0.3, -0.25) is 4.31 Å². The number of hydrogen-bond donors (Lipinski definition) is 1. The Morgan fingerprint density at radius 2 is 1.57 bits per heavy atom. The summed E-state index contributed by atoms with van der Waals surface area (Å²) in [5.41, 5.74) is 3.98. The van der Waals surface area contributed by atoms with Crippen molar-refractivity contribution in [2.45, 2.75) is 24.2 Å². The largest absolute Gasteiger partial charge is 0.383 e. The Morgan fingerprint density at radius 3 is 2.32 bits per heavy atom. The summed E-state index contributed by atoms with van der Waals surface area (Å²) in [5, 5.41) is 3.43. The maximum absolute atomic E-state index is 13.5. The number of fused-ring (bicyclic) bond motifs is 1. The van der Waals surface area contributed by atoms with E-state index in [1.165, 1.54) is 5.56 Å². The van der Waals surface area contributed by atoms with E-state index in [0.29, 0.717) is 17.9 Å². The molecule has 1 N–H and O–H groups in total. The van der Waals surface area contributed by atoms with Gasteiger partial charge in [0.2, 0.25) is 0 Å². The summed E-state index contributed by atoms with van der Waals surface area (Å²) in [6.07, 6.45) is 2.68. The zero-order valence-electron chi connectivity index (χ0n) is 15.7. The van der Waals surface area contributed by atoms with Crippen LogP contribution < -0.4 is 9.62 Å². The molecular weight excluding hydrogens is 368 g/mol. The molecule has 4 rings (SSSR count). The molecule has 0 bridgehead atoms. The van der Waals surface area contributed by atoms with Gasteiger partial charge in [0.15, 0.2) is 0 Å². The van der Waals surface area contributed by atoms with Crippen molar-refractivity contribution in [3.05, 3.63) is 90.0 Å². The number of nitrogens with one attached hydrogen (secondary N) is 1. The van der Waals surface area contributed by atoms with Gasteiger partial charge in [0.1, 0.15) is 0 Å². The first kappa shape index (κ1) is 18.6. The van der Waals surface area contributed by atoms with E-state index in [9.17, 15) is 8.42 Å². The van der Waals surface area contributed by atoms with Crippen LogP contribution in [0.4, 0.5) is 11.4 Å². The summed E-state index contributed by atoms with van der Waals surface area (Å²) in [6, 6.07) is 24.6. The minimum absolute atomic E-state index is 0.316. The Hall–Kier alpha value is -2.79. The van der Waals surface area contributed by atoms with Gasteiger partial charge in [-0.1, -0.05) is 60.7 Å². The predicted octanol–water partition coefficient (Wildman–Crippen LogP) is 4.48. The molecule has 0 atom stereocenters. The van der Waals surface area contributed by atoms with Crippen LogP contribution in [0.3, 0.4) is 0 Å². The maximum atomic E-state index is 13.5. The monoisotopic (exact) mass is 392 g/mol. The zero-order valence-corrected chi connectivity index (χ0v) is 16.5. The van der Waals surface area contributed by atoms with Crippen LogP contribution in [0, 0.1) is 0 Å². The Morgan fingerprint density at radius 1 is 0.857 bits per heavy atom. The van der Waals surface area contributed by atoms with Crippen molar-refractivity contribution >= 4 is 21.4 Å². The molecule has 0 spiro atoms. The van der Waals surface area contributed by atoms with E-state index < -0.39 is 10.0 Å². The topological polar surface area (TPSA) is 49.4 Å². The number of para-hydroxylation sites is 1. The number of hydrogen-bond acceptors (Lipinski definition) is 3. The van der Waals surface area contributed by atoms with Gasteiger partial charge in [0, 0.05) is 13.1 Å². The number of anilines is 2. The lowest BCUT2D eigenvalue weighted by Crippen LogP contribution is -2.34. The molecule has 0 fully saturated rings. The molecule has 4 nitrogen and oxygen atoms in total. The first-order valence-corrected chi connectivity index (χ1v) is 11.1. The second kappa shape index (κ2) is 8.07. The lowest BCUT2D eigenvalue weighted by Gasteiger charge is -2.30. The molecule has 1 heterocycles. The number of nitrogens with zero attached hydrogens (tertiary/aromatic N) is 1. The van der Waals surface area contributed by atoms with Gasteiger partial charge in [-0.25, -0.2) is 8.42 Å². The van der Waals surface area contributed by atoms with Crippen LogP contribution in [0.1, 0.15) is 17.5 Å². The quantitative estimate of drug-likeness (QED) is 0.673. The van der Waals surface area contributed by atoms with Crippen LogP contribution in [0.25, 0.3) is 0 Å². The van der Waals surface area contributed by atoms with Gasteiger partial charge in [-0.15, -0.1) is 0 Å². The van der Waals surface area contributed by atoms with Crippen molar-refractivity contribution in [1.29, 1.82) is 0 Å². The molecule has 0 saturated carbocycles. The SMILES string of the molecule is O=S(=O)(c1ccccc1)N(CCc1ccccc1)c1cccc2c1NCCC2. The third-order valence-corrected chi connectivity index (χ3v) is 6.93. The molecule has 0 saturated heterocycles. The first-order chi connectivity index (χ1) is 13.7. The molecule has 5 heteroatoms. The van der Waals surface area contributed by atoms with Crippen LogP contribution in [0.15, 0.2) is 83.8 Å². The molecular formula is C23H24N2O2S. The molecule has 144 valence electrons. The fourth-order valence-electron chi connectivity index (χ4n) is 3.66. The van der Waals surface area contributed by atoms with Crippen molar-refractivity contribution in [2.24, 2.45) is 0 Å². The summed E-state index contributed by atoms with van der Waals surface area (Å²) in [5.74, 6) is 0. The van der Waals surface area contributed by atoms with E-state index in [1.807, 2.05) is 48.5 Å². The Bertz CT molecular complexity index is 1030. The summed E-state index contributed by atoms with van der Waals surface area (Å²) >= 11 is 0. The summed E-state index contributed by atoms with van der Waals surface area (Å²) in [6.45, 7) is 1.25. The molecule has 0 unspecified atom stereocenters. The zero-order chi connectivity index (χ0) is 19.4. The number of rotatable bonds is 6. The van der Waals surface area contributed by atoms with Crippen LogP contribution in [0.5, 0.6) is 0 Å². The highest BCUT2D eigenvalue weighted by Crippen LogP contribution is 2.36. The Kier molecular flexibility index (Phi) is 5.35. The highest BCUT2D eigenvalue weighted by Gasteiger charge is 2.28. The van der Waals surface area contributed by atoms with Crippen LogP contribution in [-0.4, -0.2) is 21.5 Å². The lowest BCUT2D eigenvalue weighted by molar-refractivity contribution is 0.590. The van der Waals surface area contributed by atoms with Gasteiger partial charge in [-0.05, 0) is 48.6 Å². The van der Waals surface area contributed by atoms with Crippen molar-refractivity contribution < 1.29 is 8.42 Å². The highest BCUT2D eigenvalue weighted by molar-refractivity contribution is 7.92. The van der Waals surface area contributed by atoms with E-state index in [0.717, 1.165) is 36.3 Å². The van der Waals surface area contributed by atoms with E-state index in [4.69, 9.17) is 0 Å². The third-order valence-electron chi connectivity index (χ3n) is 5.10. The van der Waals surface area contributed by atoms with Gasteiger partial charge < -0.3 is 5.32 Å². The molecule has 0 aliphatic carbocycles. The fraction of sp³-hybridized carbons (Fsp3) is 0.217. The van der Waals surface area contributed by atoms with Crippen LogP contribution in [0.2, 0.25) is 0 Å². The van der Waals surface area contributed by atoms with E-state index in [-0.39, 0.29) is 0 Å². The number of sulfonamides is 1. The number of aryl methyl sites for hydroxylation is 1. The third kappa shape index (κ3) is 3.76. The standard InChI is InChI=1S/C23H24N2O2S/c26-28(27,21-13-5-2-6-14-21)25(18-16-19-9-3-1-4-10-19)22-15-7-11-20-12-8-17-24-23(20)22/h1-7,9-11,13-15,24H,8,12,16-18H2. The van der Waals surface area contributed by atoms with Gasteiger partial charge >= 0.3 is 0 Å². The van der Waals surface area contributed by atoms with Crippen LogP contribution in [-0.2, 0) is 22.9 Å². The Labute approximate surface area is 166 Å². The maximum Gasteiger partial charge on any atom is 0.264 e. The highest BCUT2D eigenvalue weighted by atomic mass is 32.2. The minimum Gasteiger partial charge on any atom is -0.383 e. The predicted molar refractivity (Wildman–Crippen MR) is 114 cm³/mol. The normalized spacial score (nSPS) is 13.4. The van der Waals surface area contributed by atoms with Crippen molar-refractivity contribution in [3.63, 3.8) is 0 Å². The smallest absolute Gasteiger partial charge is 0.264 e. The van der Waals surface area contributed by atoms with Crippen molar-refractivity contribution in [3.8, 4) is 0 Å². The average Bonchev–Trinajstić information content (AvgIpc) is 2.75. The molecule has 0 aromatic heterocycles. The fourth-order valence-corrected chi connectivity index (χ4v) is 5.16. The molecule has 3 aromatic rings. The second-order valence-corrected chi connectivity index (χ2v) is 8.83. The average molecular weight is 393 g/mol. The van der Waals surface area contributed by atoms with Crippen LogP contribution >= 0.6 is 0 Å². The minimum atomic E-state index is -3.66. The molecule has 28 heavy (non-hydrogen) atoms. The molecule has 1 aliphatic heterocycles. The van der Waals surface area contributed by atoms with E-state index >= 15 is 0 Å². The van der Waals surface area contributed by atoms with Gasteiger partial charge in [-0.2, -0.15) is 0 Å². The second-order valence-electron chi connectivity index (χ2n) is 6.97. The molecule has 0 amide bonds. The van der Waals surface area contributed by atoms with Crippen molar-refractivity contribution in [2.75, 3.05) is 22.7 Å². The summed E-state index contributed by atoms with van der Waals surface area (Å²) in [4.78, 5) is 0.316. The lowest BCUT2D eigenvalue weighted by atomic mass is 10.0. The van der Waals surface area contributed by atoms with Gasteiger partial charge in [0.05, 0.1) is 16.3 Å². The van der Waals surface area contributed by atoms with E-state index in [1.54, 1.807) is 28.6 Å². The van der Waals surface area contributed by atoms with E-state index in [2.05, 4.69) is 11.4 Å². The summed E-state index contributed by atoms with van der Waals surface area (Å²) < 4.78 is 28.6. The molecule has 0 radical (unpaired) electrons. The molecule has 1 aliphatic rings.